The lowest BCUT2D eigenvalue weighted by molar-refractivity contribution is 0.176. The van der Waals surface area contributed by atoms with Crippen LogP contribution in [0.5, 0.6) is 5.88 Å². The van der Waals surface area contributed by atoms with Crippen LogP contribution in [0.4, 0.5) is 9.59 Å². The quantitative estimate of drug-likeness (QED) is 0.580. The molecule has 7 nitrogen and oxygen atoms in total. The van der Waals surface area contributed by atoms with Crippen LogP contribution < -0.4 is 10.1 Å². The third-order valence-corrected chi connectivity index (χ3v) is 1.41. The molecule has 1 heterocycles. The molecule has 0 aliphatic heterocycles. The fraction of sp³-hybridized carbons (Fsp3) is 0. The first-order valence-corrected chi connectivity index (χ1v) is 4.15. The van der Waals surface area contributed by atoms with Crippen molar-refractivity contribution in [1.82, 2.24) is 15.3 Å². The lowest BCUT2D eigenvalue weighted by atomic mass is 10.6. The minimum atomic E-state index is -1.55. The topological polar surface area (TPSA) is 101 Å². The Morgan fingerprint density at radius 1 is 1.40 bits per heavy atom. The highest BCUT2D eigenvalue weighted by molar-refractivity contribution is 6.31. The molecule has 1 rings (SSSR count). The van der Waals surface area contributed by atoms with Crippen molar-refractivity contribution in [1.29, 1.82) is 0 Å². The van der Waals surface area contributed by atoms with Gasteiger partial charge in [0.15, 0.2) is 0 Å². The summed E-state index contributed by atoms with van der Waals surface area (Å²) >= 11 is 10.9. The number of hydrogen-bond donors (Lipinski definition) is 2. The summed E-state index contributed by atoms with van der Waals surface area (Å²) in [5, 5.41) is 9.36. The summed E-state index contributed by atoms with van der Waals surface area (Å²) in [6, 6.07) is 1.11. The zero-order valence-electron chi connectivity index (χ0n) is 6.90. The largest absolute Gasteiger partial charge is 0.465 e. The molecular weight excluding hydrogens is 249 g/mol. The number of halogens is 2. The number of imide groups is 1. The molecule has 1 aromatic heterocycles. The van der Waals surface area contributed by atoms with Crippen LogP contribution in [-0.4, -0.2) is 27.3 Å². The van der Waals surface area contributed by atoms with Crippen LogP contribution >= 0.6 is 23.2 Å². The Hall–Kier alpha value is -1.60. The number of rotatable bonds is 1. The molecule has 15 heavy (non-hydrogen) atoms. The number of amides is 2. The molecule has 0 unspecified atom stereocenters. The van der Waals surface area contributed by atoms with Crippen LogP contribution in [0.2, 0.25) is 10.4 Å². The molecule has 2 N–H and O–H groups in total. The maximum absolute atomic E-state index is 10.8. The van der Waals surface area contributed by atoms with Gasteiger partial charge in [-0.2, -0.15) is 4.98 Å². The Morgan fingerprint density at radius 2 is 2.07 bits per heavy atom. The van der Waals surface area contributed by atoms with Gasteiger partial charge >= 0.3 is 12.2 Å². The zero-order chi connectivity index (χ0) is 11.4. The summed E-state index contributed by atoms with van der Waals surface area (Å²) in [5.41, 5.74) is 0. The molecule has 0 saturated heterocycles. The van der Waals surface area contributed by atoms with Gasteiger partial charge in [0.25, 0.3) is 0 Å². The van der Waals surface area contributed by atoms with Crippen LogP contribution in [0.3, 0.4) is 0 Å². The highest BCUT2D eigenvalue weighted by atomic mass is 35.5. The summed E-state index contributed by atoms with van der Waals surface area (Å²) in [4.78, 5) is 27.8. The maximum Gasteiger partial charge on any atom is 0.423 e. The van der Waals surface area contributed by atoms with Crippen molar-refractivity contribution in [3.05, 3.63) is 16.5 Å². The van der Waals surface area contributed by atoms with E-state index in [0.717, 1.165) is 6.07 Å². The molecule has 0 aliphatic rings. The third-order valence-electron chi connectivity index (χ3n) is 1.05. The van der Waals surface area contributed by atoms with E-state index < -0.39 is 12.2 Å². The van der Waals surface area contributed by atoms with Gasteiger partial charge < -0.3 is 9.84 Å². The number of carboxylic acid groups (broad SMARTS) is 1. The van der Waals surface area contributed by atoms with E-state index in [1.54, 1.807) is 0 Å². The van der Waals surface area contributed by atoms with E-state index in [2.05, 4.69) is 14.7 Å². The SMILES string of the molecule is O=C(O)NC(=O)Oc1cc(Cl)nc(Cl)n1. The van der Waals surface area contributed by atoms with Gasteiger partial charge in [-0.25, -0.2) is 19.9 Å². The molecule has 1 aromatic rings. The normalized spacial score (nSPS) is 9.47. The van der Waals surface area contributed by atoms with Crippen molar-refractivity contribution in [3.8, 4) is 5.88 Å². The number of carbonyl (C=O) groups excluding carboxylic acids is 1. The van der Waals surface area contributed by atoms with Crippen molar-refractivity contribution in [2.24, 2.45) is 0 Å². The van der Waals surface area contributed by atoms with Crippen molar-refractivity contribution in [2.75, 3.05) is 0 Å². The number of nitrogens with zero attached hydrogens (tertiary/aromatic N) is 2. The monoisotopic (exact) mass is 251 g/mol. The van der Waals surface area contributed by atoms with E-state index in [4.69, 9.17) is 28.3 Å². The predicted octanol–water partition coefficient (Wildman–Crippen LogP) is 1.55. The third kappa shape index (κ3) is 3.96. The maximum atomic E-state index is 10.8. The molecule has 0 saturated carbocycles. The fourth-order valence-electron chi connectivity index (χ4n) is 0.631. The molecule has 0 atom stereocenters. The standard InChI is InChI=1S/C6H3Cl2N3O4/c7-2-1-3(10-4(8)9-2)15-6(14)11-5(12)13/h1H,(H,11,14)(H,12,13). The van der Waals surface area contributed by atoms with Gasteiger partial charge in [-0.15, -0.1) is 0 Å². The zero-order valence-corrected chi connectivity index (χ0v) is 8.41. The van der Waals surface area contributed by atoms with Crippen molar-refractivity contribution in [2.45, 2.75) is 0 Å². The predicted molar refractivity (Wildman–Crippen MR) is 49.2 cm³/mol. The van der Waals surface area contributed by atoms with Gasteiger partial charge in [0.1, 0.15) is 5.15 Å². The summed E-state index contributed by atoms with van der Waals surface area (Å²) in [6.07, 6.45) is -2.76. The van der Waals surface area contributed by atoms with Gasteiger partial charge in [-0.1, -0.05) is 11.6 Å². The van der Waals surface area contributed by atoms with Crippen LogP contribution in [0.25, 0.3) is 0 Å². The first kappa shape index (κ1) is 11.5. The molecule has 0 spiro atoms. The number of hydrogen-bond acceptors (Lipinski definition) is 5. The second-order valence-electron chi connectivity index (χ2n) is 2.12. The highest BCUT2D eigenvalue weighted by Gasteiger charge is 2.10. The first-order chi connectivity index (χ1) is 6.97. The van der Waals surface area contributed by atoms with Gasteiger partial charge in [0, 0.05) is 6.07 Å². The van der Waals surface area contributed by atoms with Crippen molar-refractivity contribution in [3.63, 3.8) is 0 Å². The van der Waals surface area contributed by atoms with E-state index in [1.165, 1.54) is 5.32 Å². The Bertz CT molecular complexity index is 391. The smallest absolute Gasteiger partial charge is 0.423 e. The highest BCUT2D eigenvalue weighted by Crippen LogP contribution is 2.16. The lowest BCUT2D eigenvalue weighted by Crippen LogP contribution is -2.31. The summed E-state index contributed by atoms with van der Waals surface area (Å²) in [7, 11) is 0. The molecule has 80 valence electrons. The molecule has 2 amide bonds. The Balaban J connectivity index is 2.72. The Labute approximate surface area is 93.0 Å². The second kappa shape index (κ2) is 4.76. The fourth-order valence-corrected chi connectivity index (χ4v) is 1.02. The van der Waals surface area contributed by atoms with Crippen LogP contribution in [-0.2, 0) is 0 Å². The Kier molecular flexibility index (Phi) is 3.64. The van der Waals surface area contributed by atoms with E-state index in [-0.39, 0.29) is 16.3 Å². The van der Waals surface area contributed by atoms with Gasteiger partial charge in [-0.3, -0.25) is 0 Å². The summed E-state index contributed by atoms with van der Waals surface area (Å²) in [5.74, 6) is -0.251. The van der Waals surface area contributed by atoms with E-state index in [1.807, 2.05) is 0 Å². The van der Waals surface area contributed by atoms with E-state index >= 15 is 0 Å². The van der Waals surface area contributed by atoms with E-state index in [0.29, 0.717) is 0 Å². The van der Waals surface area contributed by atoms with Crippen molar-refractivity contribution >= 4 is 35.4 Å². The number of ether oxygens (including phenoxy) is 1. The molecule has 0 bridgehead atoms. The molecule has 0 aromatic carbocycles. The molecule has 0 radical (unpaired) electrons. The van der Waals surface area contributed by atoms with Crippen LogP contribution in [0.1, 0.15) is 0 Å². The summed E-state index contributed by atoms with van der Waals surface area (Å²) < 4.78 is 4.44. The van der Waals surface area contributed by atoms with Gasteiger partial charge in [0.2, 0.25) is 11.2 Å². The molecule has 9 heteroatoms. The second-order valence-corrected chi connectivity index (χ2v) is 2.84. The molecule has 0 fully saturated rings. The van der Waals surface area contributed by atoms with E-state index in [9.17, 15) is 9.59 Å². The van der Waals surface area contributed by atoms with Crippen LogP contribution in [0, 0.1) is 0 Å². The average Bonchev–Trinajstić information content (AvgIpc) is 1.98. The number of aromatic nitrogens is 2. The molecular formula is C6H3Cl2N3O4. The van der Waals surface area contributed by atoms with Gasteiger partial charge in [-0.05, 0) is 11.6 Å². The summed E-state index contributed by atoms with van der Waals surface area (Å²) in [6.45, 7) is 0. The number of carbonyl (C=O) groups is 2. The van der Waals surface area contributed by atoms with Crippen LogP contribution in [0.15, 0.2) is 6.07 Å². The lowest BCUT2D eigenvalue weighted by Gasteiger charge is -2.02. The minimum absolute atomic E-state index is 0.0341. The average molecular weight is 252 g/mol. The Morgan fingerprint density at radius 3 is 2.60 bits per heavy atom. The van der Waals surface area contributed by atoms with Gasteiger partial charge in [0.05, 0.1) is 0 Å². The minimum Gasteiger partial charge on any atom is -0.465 e. The molecule has 0 aliphatic carbocycles. The first-order valence-electron chi connectivity index (χ1n) is 3.39. The number of nitrogens with one attached hydrogen (secondary N) is 1. The van der Waals surface area contributed by atoms with Crippen molar-refractivity contribution < 1.29 is 19.4 Å².